The molecule has 0 N–H and O–H groups in total. The fraction of sp³-hybridized carbons (Fsp3) is 0.909. The maximum absolute atomic E-state index is 8.99. The lowest BCUT2D eigenvalue weighted by molar-refractivity contribution is 0.234. The molecule has 72 valence electrons. The van der Waals surface area contributed by atoms with Crippen LogP contribution in [0.5, 0.6) is 0 Å². The van der Waals surface area contributed by atoms with E-state index in [1.54, 1.807) is 0 Å². The summed E-state index contributed by atoms with van der Waals surface area (Å²) in [5, 5.41) is 8.99. The number of nitriles is 1. The zero-order valence-electron chi connectivity index (χ0n) is 8.58. The summed E-state index contributed by atoms with van der Waals surface area (Å²) in [7, 11) is 0. The predicted molar refractivity (Wildman–Crippen MR) is 52.1 cm³/mol. The van der Waals surface area contributed by atoms with Crippen molar-refractivity contribution in [1.29, 1.82) is 5.26 Å². The van der Waals surface area contributed by atoms with E-state index in [-0.39, 0.29) is 5.41 Å². The van der Waals surface area contributed by atoms with Crippen LogP contribution < -0.4 is 0 Å². The first-order chi connectivity index (χ1) is 6.15. The highest BCUT2D eigenvalue weighted by Gasteiger charge is 2.46. The lowest BCUT2D eigenvalue weighted by atomic mass is 10.1. The van der Waals surface area contributed by atoms with Gasteiger partial charge in [-0.05, 0) is 32.1 Å². The minimum atomic E-state index is 0.0539. The second kappa shape index (κ2) is 2.99. The fourth-order valence-electron chi connectivity index (χ4n) is 2.45. The molecule has 0 spiro atoms. The van der Waals surface area contributed by atoms with Crippen LogP contribution in [0.15, 0.2) is 0 Å². The number of rotatable bonds is 2. The van der Waals surface area contributed by atoms with Crippen molar-refractivity contribution < 1.29 is 0 Å². The van der Waals surface area contributed by atoms with E-state index >= 15 is 0 Å². The molecule has 2 fully saturated rings. The first kappa shape index (κ1) is 9.02. The SMILES string of the molecule is CC1CC(C)N(CC2(C#N)CC2)C1. The third-order valence-electron chi connectivity index (χ3n) is 3.51. The number of hydrogen-bond acceptors (Lipinski definition) is 2. The van der Waals surface area contributed by atoms with Crippen LogP contribution in [0.4, 0.5) is 0 Å². The monoisotopic (exact) mass is 178 g/mol. The highest BCUT2D eigenvalue weighted by atomic mass is 15.2. The molecule has 1 aliphatic carbocycles. The maximum Gasteiger partial charge on any atom is 0.0703 e. The Hall–Kier alpha value is -0.550. The zero-order valence-corrected chi connectivity index (χ0v) is 8.58. The molecule has 0 amide bonds. The Morgan fingerprint density at radius 1 is 1.46 bits per heavy atom. The largest absolute Gasteiger partial charge is 0.299 e. The van der Waals surface area contributed by atoms with Gasteiger partial charge in [0.1, 0.15) is 0 Å². The van der Waals surface area contributed by atoms with E-state index in [0.717, 1.165) is 25.3 Å². The van der Waals surface area contributed by atoms with Crippen molar-refractivity contribution in [2.75, 3.05) is 13.1 Å². The summed E-state index contributed by atoms with van der Waals surface area (Å²) < 4.78 is 0. The topological polar surface area (TPSA) is 27.0 Å². The van der Waals surface area contributed by atoms with Gasteiger partial charge in [0.25, 0.3) is 0 Å². The molecule has 0 aromatic carbocycles. The zero-order chi connectivity index (χ0) is 9.47. The van der Waals surface area contributed by atoms with Gasteiger partial charge < -0.3 is 0 Å². The molecular weight excluding hydrogens is 160 g/mol. The Balaban J connectivity index is 1.92. The van der Waals surface area contributed by atoms with E-state index in [4.69, 9.17) is 5.26 Å². The van der Waals surface area contributed by atoms with E-state index < -0.39 is 0 Å². The Bertz CT molecular complexity index is 237. The molecule has 2 heteroatoms. The first-order valence-corrected chi connectivity index (χ1v) is 5.30. The average molecular weight is 178 g/mol. The molecule has 1 heterocycles. The second-order valence-corrected chi connectivity index (χ2v) is 5.01. The van der Waals surface area contributed by atoms with Crippen LogP contribution in [0.1, 0.15) is 33.1 Å². The molecule has 2 aliphatic rings. The van der Waals surface area contributed by atoms with Crippen molar-refractivity contribution >= 4 is 0 Å². The lowest BCUT2D eigenvalue weighted by Gasteiger charge is -2.23. The van der Waals surface area contributed by atoms with Crippen molar-refractivity contribution in [2.24, 2.45) is 11.3 Å². The van der Waals surface area contributed by atoms with Crippen molar-refractivity contribution in [3.05, 3.63) is 0 Å². The minimum absolute atomic E-state index is 0.0539. The van der Waals surface area contributed by atoms with E-state index in [1.165, 1.54) is 13.0 Å². The Morgan fingerprint density at radius 3 is 2.54 bits per heavy atom. The number of nitrogens with zero attached hydrogens (tertiary/aromatic N) is 2. The molecule has 1 saturated carbocycles. The van der Waals surface area contributed by atoms with Crippen LogP contribution in [-0.4, -0.2) is 24.0 Å². The second-order valence-electron chi connectivity index (χ2n) is 5.01. The Kier molecular flexibility index (Phi) is 2.08. The van der Waals surface area contributed by atoms with Gasteiger partial charge in [0.2, 0.25) is 0 Å². The van der Waals surface area contributed by atoms with Crippen LogP contribution >= 0.6 is 0 Å². The summed E-state index contributed by atoms with van der Waals surface area (Å²) >= 11 is 0. The number of hydrogen-bond donors (Lipinski definition) is 0. The van der Waals surface area contributed by atoms with Crippen molar-refractivity contribution in [2.45, 2.75) is 39.2 Å². The summed E-state index contributed by atoms with van der Waals surface area (Å²) in [6.07, 6.45) is 3.56. The highest BCUT2D eigenvalue weighted by Crippen LogP contribution is 2.46. The Labute approximate surface area is 80.5 Å². The van der Waals surface area contributed by atoms with Gasteiger partial charge >= 0.3 is 0 Å². The van der Waals surface area contributed by atoms with Gasteiger partial charge in [-0.1, -0.05) is 6.92 Å². The molecular formula is C11H18N2. The molecule has 0 radical (unpaired) electrons. The smallest absolute Gasteiger partial charge is 0.0703 e. The molecule has 2 unspecified atom stereocenters. The van der Waals surface area contributed by atoms with Gasteiger partial charge in [-0.2, -0.15) is 5.26 Å². The molecule has 0 bridgehead atoms. The quantitative estimate of drug-likeness (QED) is 0.647. The molecule has 2 atom stereocenters. The van der Waals surface area contributed by atoms with Crippen LogP contribution in [0.25, 0.3) is 0 Å². The molecule has 0 aromatic rings. The normalized spacial score (nSPS) is 37.3. The predicted octanol–water partition coefficient (Wildman–Crippen LogP) is 2.02. The number of likely N-dealkylation sites (tertiary alicyclic amines) is 1. The molecule has 2 rings (SSSR count). The van der Waals surface area contributed by atoms with E-state index in [1.807, 2.05) is 0 Å². The highest BCUT2D eigenvalue weighted by molar-refractivity contribution is 5.12. The van der Waals surface area contributed by atoms with Crippen molar-refractivity contribution in [3.63, 3.8) is 0 Å². The van der Waals surface area contributed by atoms with Gasteiger partial charge in [0.15, 0.2) is 0 Å². The average Bonchev–Trinajstić information content (AvgIpc) is 2.77. The van der Waals surface area contributed by atoms with Crippen molar-refractivity contribution in [3.8, 4) is 6.07 Å². The molecule has 2 nitrogen and oxygen atoms in total. The van der Waals surface area contributed by atoms with Crippen LogP contribution in [0.3, 0.4) is 0 Å². The summed E-state index contributed by atoms with van der Waals surface area (Å²) in [5.74, 6) is 0.824. The summed E-state index contributed by atoms with van der Waals surface area (Å²) in [6.45, 7) is 6.82. The lowest BCUT2D eigenvalue weighted by Crippen LogP contribution is -2.32. The molecule has 1 aliphatic heterocycles. The van der Waals surface area contributed by atoms with Crippen LogP contribution in [0, 0.1) is 22.7 Å². The molecule has 1 saturated heterocycles. The minimum Gasteiger partial charge on any atom is -0.299 e. The third kappa shape index (κ3) is 1.71. The van der Waals surface area contributed by atoms with Gasteiger partial charge in [-0.15, -0.1) is 0 Å². The molecule has 0 aromatic heterocycles. The fourth-order valence-corrected chi connectivity index (χ4v) is 2.45. The van der Waals surface area contributed by atoms with Gasteiger partial charge in [-0.25, -0.2) is 0 Å². The standard InChI is InChI=1S/C11H18N2/c1-9-5-10(2)13(6-9)8-11(7-12)3-4-11/h9-10H,3-6,8H2,1-2H3. The van der Waals surface area contributed by atoms with Crippen LogP contribution in [0.2, 0.25) is 0 Å². The third-order valence-corrected chi connectivity index (χ3v) is 3.51. The molecule has 13 heavy (non-hydrogen) atoms. The van der Waals surface area contributed by atoms with Gasteiger partial charge in [0, 0.05) is 19.1 Å². The van der Waals surface area contributed by atoms with E-state index in [2.05, 4.69) is 24.8 Å². The Morgan fingerprint density at radius 2 is 2.15 bits per heavy atom. The first-order valence-electron chi connectivity index (χ1n) is 5.30. The van der Waals surface area contributed by atoms with Crippen molar-refractivity contribution in [1.82, 2.24) is 4.90 Å². The van der Waals surface area contributed by atoms with Gasteiger partial charge in [-0.3, -0.25) is 4.90 Å². The van der Waals surface area contributed by atoms with Crippen LogP contribution in [-0.2, 0) is 0 Å². The van der Waals surface area contributed by atoms with E-state index in [0.29, 0.717) is 6.04 Å². The summed E-state index contributed by atoms with van der Waals surface area (Å²) in [6, 6.07) is 3.17. The maximum atomic E-state index is 8.99. The van der Waals surface area contributed by atoms with Gasteiger partial charge in [0.05, 0.1) is 11.5 Å². The summed E-state index contributed by atoms with van der Waals surface area (Å²) in [4.78, 5) is 2.50. The summed E-state index contributed by atoms with van der Waals surface area (Å²) in [5.41, 5.74) is 0.0539. The van der Waals surface area contributed by atoms with E-state index in [9.17, 15) is 0 Å².